The van der Waals surface area contributed by atoms with Crippen molar-refractivity contribution in [1.82, 2.24) is 0 Å². The van der Waals surface area contributed by atoms with Crippen molar-refractivity contribution in [2.24, 2.45) is 22.1 Å². The van der Waals surface area contributed by atoms with Gasteiger partial charge in [-0.25, -0.2) is 0 Å². The fraction of sp³-hybridized carbons (Fsp3) is 0.857. The topological polar surface area (TPSA) is 24.7 Å². The third kappa shape index (κ3) is 4.07. The Kier molecular flexibility index (Phi) is 5.17. The molecule has 16 heavy (non-hydrogen) atoms. The first-order valence-electron chi connectivity index (χ1n) is 6.60. The minimum atomic E-state index is 0.307. The summed E-state index contributed by atoms with van der Waals surface area (Å²) in [6, 6.07) is 0.307. The van der Waals surface area contributed by atoms with Crippen molar-refractivity contribution in [3.63, 3.8) is 0 Å². The van der Waals surface area contributed by atoms with E-state index < -0.39 is 0 Å². The van der Waals surface area contributed by atoms with Crippen LogP contribution < -0.4 is 0 Å². The third-order valence-corrected chi connectivity index (χ3v) is 3.68. The number of allylic oxidation sites excluding steroid dienone is 2. The lowest BCUT2D eigenvalue weighted by Crippen LogP contribution is -2.11. The zero-order valence-electron chi connectivity index (χ0n) is 11.5. The summed E-state index contributed by atoms with van der Waals surface area (Å²) < 4.78 is 0. The van der Waals surface area contributed by atoms with E-state index in [0.29, 0.717) is 6.04 Å². The summed E-state index contributed by atoms with van der Waals surface area (Å²) in [6.07, 6.45) is 4.85. The molecular weight excluding hydrogens is 196 g/mol. The van der Waals surface area contributed by atoms with Crippen molar-refractivity contribution in [2.45, 2.75) is 66.3 Å². The molecule has 0 bridgehead atoms. The molecule has 2 atom stereocenters. The van der Waals surface area contributed by atoms with Crippen molar-refractivity contribution in [3.05, 3.63) is 11.3 Å². The van der Waals surface area contributed by atoms with Crippen LogP contribution in [0, 0.1) is 11.8 Å². The molecule has 0 spiro atoms. The highest BCUT2D eigenvalue weighted by Gasteiger charge is 2.17. The van der Waals surface area contributed by atoms with E-state index in [9.17, 15) is 0 Å². The monoisotopic (exact) mass is 222 g/mol. The summed E-state index contributed by atoms with van der Waals surface area (Å²) in [5, 5.41) is 8.71. The molecule has 2 nitrogen and oxygen atoms in total. The Balaban J connectivity index is 2.73. The van der Waals surface area contributed by atoms with Gasteiger partial charge in [0.25, 0.3) is 0 Å². The van der Waals surface area contributed by atoms with Gasteiger partial charge in [-0.3, -0.25) is 0 Å². The number of azo groups is 1. The summed E-state index contributed by atoms with van der Waals surface area (Å²) in [6.45, 7) is 11.1. The van der Waals surface area contributed by atoms with Gasteiger partial charge in [-0.2, -0.15) is 10.2 Å². The summed E-state index contributed by atoms with van der Waals surface area (Å²) in [5.41, 5.74) is 2.69. The van der Waals surface area contributed by atoms with Gasteiger partial charge in [0.1, 0.15) is 0 Å². The van der Waals surface area contributed by atoms with Crippen LogP contribution in [0.4, 0.5) is 0 Å². The minimum Gasteiger partial charge on any atom is -0.186 e. The molecule has 0 aromatic rings. The van der Waals surface area contributed by atoms with E-state index in [4.69, 9.17) is 0 Å². The molecule has 0 aliphatic heterocycles. The molecule has 0 amide bonds. The van der Waals surface area contributed by atoms with Crippen LogP contribution in [0.1, 0.15) is 60.3 Å². The molecule has 2 unspecified atom stereocenters. The van der Waals surface area contributed by atoms with Crippen LogP contribution >= 0.6 is 0 Å². The van der Waals surface area contributed by atoms with Gasteiger partial charge in [0.05, 0.1) is 11.7 Å². The van der Waals surface area contributed by atoms with E-state index in [1.54, 1.807) is 0 Å². The summed E-state index contributed by atoms with van der Waals surface area (Å²) in [4.78, 5) is 0. The Morgan fingerprint density at radius 3 is 2.19 bits per heavy atom. The van der Waals surface area contributed by atoms with E-state index in [1.165, 1.54) is 30.5 Å². The largest absolute Gasteiger partial charge is 0.186 e. The molecule has 1 aliphatic rings. The van der Waals surface area contributed by atoms with Crippen LogP contribution in [0.15, 0.2) is 21.5 Å². The smallest absolute Gasteiger partial charge is 0.0656 e. The quantitative estimate of drug-likeness (QED) is 0.589. The molecular formula is C14H26N2. The number of rotatable bonds is 2. The molecule has 0 aromatic heterocycles. The van der Waals surface area contributed by atoms with Crippen LogP contribution in [0.5, 0.6) is 0 Å². The maximum atomic E-state index is 4.43. The molecule has 2 heteroatoms. The Hall–Kier alpha value is -0.660. The van der Waals surface area contributed by atoms with Gasteiger partial charge in [0.15, 0.2) is 0 Å². The number of hydrogen-bond donors (Lipinski definition) is 0. The van der Waals surface area contributed by atoms with E-state index in [-0.39, 0.29) is 0 Å². The van der Waals surface area contributed by atoms with Crippen molar-refractivity contribution in [1.29, 1.82) is 0 Å². The van der Waals surface area contributed by atoms with E-state index in [1.807, 2.05) is 0 Å². The SMILES string of the molecule is C/C1=C(\N=NC(C)C)CCC(C)C(C)CC1. The number of hydrogen-bond acceptors (Lipinski definition) is 2. The first-order chi connectivity index (χ1) is 7.50. The molecule has 1 rings (SSSR count). The Bertz CT molecular complexity index is 276. The molecule has 0 N–H and O–H groups in total. The lowest BCUT2D eigenvalue weighted by atomic mass is 9.84. The van der Waals surface area contributed by atoms with Gasteiger partial charge in [-0.1, -0.05) is 13.8 Å². The minimum absolute atomic E-state index is 0.307. The molecule has 0 saturated carbocycles. The molecule has 92 valence electrons. The predicted octanol–water partition coefficient (Wildman–Crippen LogP) is 4.97. The Morgan fingerprint density at radius 2 is 1.62 bits per heavy atom. The maximum Gasteiger partial charge on any atom is 0.0656 e. The fourth-order valence-corrected chi connectivity index (χ4v) is 2.06. The first kappa shape index (κ1) is 13.4. The van der Waals surface area contributed by atoms with Crippen molar-refractivity contribution < 1.29 is 0 Å². The Morgan fingerprint density at radius 1 is 1.06 bits per heavy atom. The van der Waals surface area contributed by atoms with Crippen LogP contribution in [0.3, 0.4) is 0 Å². The van der Waals surface area contributed by atoms with Gasteiger partial charge in [0.2, 0.25) is 0 Å². The molecule has 0 saturated heterocycles. The van der Waals surface area contributed by atoms with Crippen LogP contribution in [-0.2, 0) is 0 Å². The predicted molar refractivity (Wildman–Crippen MR) is 69.5 cm³/mol. The van der Waals surface area contributed by atoms with Gasteiger partial charge in [-0.05, 0) is 63.9 Å². The van der Waals surface area contributed by atoms with Crippen LogP contribution in [-0.4, -0.2) is 6.04 Å². The van der Waals surface area contributed by atoms with Gasteiger partial charge >= 0.3 is 0 Å². The van der Waals surface area contributed by atoms with Crippen molar-refractivity contribution in [3.8, 4) is 0 Å². The zero-order chi connectivity index (χ0) is 12.1. The van der Waals surface area contributed by atoms with Gasteiger partial charge in [-0.15, -0.1) is 0 Å². The van der Waals surface area contributed by atoms with E-state index in [0.717, 1.165) is 18.3 Å². The van der Waals surface area contributed by atoms with Crippen LogP contribution in [0.2, 0.25) is 0 Å². The highest BCUT2D eigenvalue weighted by Crippen LogP contribution is 2.30. The normalized spacial score (nSPS) is 33.1. The third-order valence-electron chi connectivity index (χ3n) is 3.68. The van der Waals surface area contributed by atoms with E-state index in [2.05, 4.69) is 44.8 Å². The van der Waals surface area contributed by atoms with Crippen molar-refractivity contribution in [2.75, 3.05) is 0 Å². The van der Waals surface area contributed by atoms with E-state index >= 15 is 0 Å². The van der Waals surface area contributed by atoms with Crippen LogP contribution in [0.25, 0.3) is 0 Å². The Labute approximate surface area is 100 Å². The average molecular weight is 222 g/mol. The molecule has 0 fully saturated rings. The number of nitrogens with zero attached hydrogens (tertiary/aromatic N) is 2. The fourth-order valence-electron chi connectivity index (χ4n) is 2.06. The highest BCUT2D eigenvalue weighted by atomic mass is 15.1. The average Bonchev–Trinajstić information content (AvgIpc) is 2.23. The van der Waals surface area contributed by atoms with Gasteiger partial charge in [0, 0.05) is 0 Å². The molecule has 0 aromatic carbocycles. The zero-order valence-corrected chi connectivity index (χ0v) is 11.5. The molecule has 1 aliphatic carbocycles. The van der Waals surface area contributed by atoms with Crippen molar-refractivity contribution >= 4 is 0 Å². The summed E-state index contributed by atoms with van der Waals surface area (Å²) in [7, 11) is 0. The second-order valence-electron chi connectivity index (χ2n) is 5.57. The second kappa shape index (κ2) is 6.17. The highest BCUT2D eigenvalue weighted by molar-refractivity contribution is 5.11. The lowest BCUT2D eigenvalue weighted by molar-refractivity contribution is 0.335. The molecule has 0 radical (unpaired) electrons. The summed E-state index contributed by atoms with van der Waals surface area (Å²) in [5.74, 6) is 1.66. The maximum absolute atomic E-state index is 4.43. The summed E-state index contributed by atoms with van der Waals surface area (Å²) >= 11 is 0. The van der Waals surface area contributed by atoms with Gasteiger partial charge < -0.3 is 0 Å². The standard InChI is InChI=1S/C14H26N2/c1-10(2)15-16-14-9-8-12(4)11(3)6-7-13(14)5/h10-12H,6-9H2,1-5H3/b14-13+,16-15?. The lowest BCUT2D eigenvalue weighted by Gasteiger charge is -2.23. The first-order valence-corrected chi connectivity index (χ1v) is 6.60. The second-order valence-corrected chi connectivity index (χ2v) is 5.57. The molecule has 0 heterocycles.